The van der Waals surface area contributed by atoms with Gasteiger partial charge in [0.1, 0.15) is 0 Å². The topological polar surface area (TPSA) is 26.3 Å². The van der Waals surface area contributed by atoms with Crippen molar-refractivity contribution in [3.8, 4) is 0 Å². The average Bonchev–Trinajstić information content (AvgIpc) is 1.96. The van der Waals surface area contributed by atoms with Crippen LogP contribution in [0.1, 0.15) is 41.0 Å². The fraction of sp³-hybridized carbons (Fsp3) is 0.909. The summed E-state index contributed by atoms with van der Waals surface area (Å²) in [6.45, 7) is 11.0. The molecule has 84 valence electrons. The maximum Gasteiger partial charge on any atom is 0.315 e. The summed E-state index contributed by atoms with van der Waals surface area (Å²) in [7, 11) is 1.43. The van der Waals surface area contributed by atoms with E-state index in [-0.39, 0.29) is 10.7 Å². The third-order valence-electron chi connectivity index (χ3n) is 1.76. The monoisotopic (exact) mass is 218 g/mol. The first-order valence-electron chi connectivity index (χ1n) is 4.87. The van der Waals surface area contributed by atoms with Crippen molar-refractivity contribution >= 4 is 17.7 Å². The molecule has 14 heavy (non-hydrogen) atoms. The number of carbonyl (C=O) groups excluding carboxylic acids is 1. The molecule has 0 aliphatic rings. The van der Waals surface area contributed by atoms with Crippen molar-refractivity contribution < 1.29 is 9.53 Å². The summed E-state index contributed by atoms with van der Waals surface area (Å²) in [6.07, 6.45) is 1.08. The SMILES string of the molecule is COC(=O)CSC(C)(C)CC(C)(C)C. The van der Waals surface area contributed by atoms with Gasteiger partial charge in [-0.05, 0) is 11.8 Å². The molecule has 0 fully saturated rings. The Kier molecular flexibility index (Phi) is 4.99. The van der Waals surface area contributed by atoms with Crippen LogP contribution in [0, 0.1) is 5.41 Å². The van der Waals surface area contributed by atoms with E-state index in [0.29, 0.717) is 11.2 Å². The molecule has 0 unspecified atom stereocenters. The minimum Gasteiger partial charge on any atom is -0.468 e. The molecule has 0 aromatic heterocycles. The predicted octanol–water partition coefficient (Wildman–Crippen LogP) is 3.11. The van der Waals surface area contributed by atoms with Crippen LogP contribution in [0.3, 0.4) is 0 Å². The molecule has 0 aliphatic carbocycles. The molecular formula is C11H22O2S. The van der Waals surface area contributed by atoms with Gasteiger partial charge in [0.05, 0.1) is 12.9 Å². The fourth-order valence-electron chi connectivity index (χ4n) is 1.64. The van der Waals surface area contributed by atoms with Crippen molar-refractivity contribution in [3.05, 3.63) is 0 Å². The Bertz CT molecular complexity index is 192. The number of ether oxygens (including phenoxy) is 1. The summed E-state index contributed by atoms with van der Waals surface area (Å²) < 4.78 is 4.75. The molecule has 0 rings (SSSR count). The highest BCUT2D eigenvalue weighted by Crippen LogP contribution is 2.36. The molecule has 3 heteroatoms. The summed E-state index contributed by atoms with van der Waals surface area (Å²) in [5.74, 6) is 0.302. The van der Waals surface area contributed by atoms with Crippen LogP contribution in [-0.4, -0.2) is 23.6 Å². The fourth-order valence-corrected chi connectivity index (χ4v) is 2.80. The molecule has 0 saturated heterocycles. The average molecular weight is 218 g/mol. The predicted molar refractivity (Wildman–Crippen MR) is 62.6 cm³/mol. The van der Waals surface area contributed by atoms with Crippen LogP contribution in [-0.2, 0) is 9.53 Å². The van der Waals surface area contributed by atoms with E-state index in [1.54, 1.807) is 11.8 Å². The van der Waals surface area contributed by atoms with E-state index in [0.717, 1.165) is 6.42 Å². The standard InChI is InChI=1S/C11H22O2S/c1-10(2,3)8-11(4,5)14-7-9(12)13-6/h7-8H2,1-6H3. The Morgan fingerprint density at radius 3 is 2.07 bits per heavy atom. The van der Waals surface area contributed by atoms with Crippen molar-refractivity contribution in [3.63, 3.8) is 0 Å². The van der Waals surface area contributed by atoms with Crippen LogP contribution in [0.2, 0.25) is 0 Å². The molecule has 0 aromatic carbocycles. The Balaban J connectivity index is 4.01. The van der Waals surface area contributed by atoms with E-state index >= 15 is 0 Å². The van der Waals surface area contributed by atoms with E-state index < -0.39 is 0 Å². The van der Waals surface area contributed by atoms with Crippen LogP contribution in [0.4, 0.5) is 0 Å². The molecule has 0 heterocycles. The lowest BCUT2D eigenvalue weighted by molar-refractivity contribution is -0.137. The quantitative estimate of drug-likeness (QED) is 0.678. The largest absolute Gasteiger partial charge is 0.468 e. The number of thioether (sulfide) groups is 1. The van der Waals surface area contributed by atoms with Gasteiger partial charge >= 0.3 is 5.97 Å². The first-order chi connectivity index (χ1) is 6.16. The van der Waals surface area contributed by atoms with Gasteiger partial charge in [-0.2, -0.15) is 0 Å². The molecule has 0 spiro atoms. The van der Waals surface area contributed by atoms with Gasteiger partial charge in [0.25, 0.3) is 0 Å². The van der Waals surface area contributed by atoms with E-state index in [2.05, 4.69) is 39.4 Å². The van der Waals surface area contributed by atoms with Crippen LogP contribution in [0.25, 0.3) is 0 Å². The van der Waals surface area contributed by atoms with E-state index in [4.69, 9.17) is 0 Å². The van der Waals surface area contributed by atoms with Crippen molar-refractivity contribution in [2.75, 3.05) is 12.9 Å². The highest BCUT2D eigenvalue weighted by atomic mass is 32.2. The third-order valence-corrected chi connectivity index (χ3v) is 3.07. The Morgan fingerprint density at radius 2 is 1.71 bits per heavy atom. The number of rotatable bonds is 4. The van der Waals surface area contributed by atoms with Gasteiger partial charge in [-0.25, -0.2) is 0 Å². The van der Waals surface area contributed by atoms with Crippen LogP contribution >= 0.6 is 11.8 Å². The van der Waals surface area contributed by atoms with Crippen LogP contribution in [0.15, 0.2) is 0 Å². The Labute approximate surface area is 91.8 Å². The van der Waals surface area contributed by atoms with E-state index in [1.807, 2.05) is 0 Å². The number of hydrogen-bond acceptors (Lipinski definition) is 3. The summed E-state index contributed by atoms with van der Waals surface area (Å²) in [5.41, 5.74) is 0.298. The summed E-state index contributed by atoms with van der Waals surface area (Å²) in [6, 6.07) is 0. The molecular weight excluding hydrogens is 196 g/mol. The third kappa shape index (κ3) is 7.25. The highest BCUT2D eigenvalue weighted by molar-refractivity contribution is 8.01. The molecule has 0 radical (unpaired) electrons. The van der Waals surface area contributed by atoms with Crippen molar-refractivity contribution in [2.45, 2.75) is 45.8 Å². The summed E-state index contributed by atoms with van der Waals surface area (Å²) >= 11 is 1.66. The summed E-state index contributed by atoms with van der Waals surface area (Å²) in [4.78, 5) is 11.0. The zero-order chi connectivity index (χ0) is 11.4. The maximum atomic E-state index is 11.0. The Hall–Kier alpha value is -0.180. The molecule has 0 bridgehead atoms. The van der Waals surface area contributed by atoms with Gasteiger partial charge in [0.2, 0.25) is 0 Å². The van der Waals surface area contributed by atoms with Gasteiger partial charge in [0.15, 0.2) is 0 Å². The van der Waals surface area contributed by atoms with E-state index in [9.17, 15) is 4.79 Å². The second-order valence-electron chi connectivity index (χ2n) is 5.36. The minimum absolute atomic E-state index is 0.131. The van der Waals surface area contributed by atoms with E-state index in [1.165, 1.54) is 7.11 Å². The van der Waals surface area contributed by atoms with Crippen molar-refractivity contribution in [1.29, 1.82) is 0 Å². The molecule has 0 aliphatic heterocycles. The zero-order valence-corrected chi connectivity index (χ0v) is 11.0. The first-order valence-corrected chi connectivity index (χ1v) is 5.86. The molecule has 0 amide bonds. The van der Waals surface area contributed by atoms with Gasteiger partial charge in [-0.15, -0.1) is 11.8 Å². The van der Waals surface area contributed by atoms with Crippen molar-refractivity contribution in [1.82, 2.24) is 0 Å². The number of esters is 1. The normalized spacial score (nSPS) is 12.7. The lowest BCUT2D eigenvalue weighted by atomic mass is 9.86. The lowest BCUT2D eigenvalue weighted by Crippen LogP contribution is -2.25. The second kappa shape index (κ2) is 5.06. The van der Waals surface area contributed by atoms with Crippen molar-refractivity contribution in [2.24, 2.45) is 5.41 Å². The molecule has 2 nitrogen and oxygen atoms in total. The van der Waals surface area contributed by atoms with Crippen LogP contribution < -0.4 is 0 Å². The second-order valence-corrected chi connectivity index (χ2v) is 7.04. The molecule has 0 saturated carbocycles. The number of carbonyl (C=O) groups is 1. The first kappa shape index (κ1) is 13.8. The lowest BCUT2D eigenvalue weighted by Gasteiger charge is -2.31. The summed E-state index contributed by atoms with van der Waals surface area (Å²) in [5, 5.41) is 0. The molecule has 0 N–H and O–H groups in total. The van der Waals surface area contributed by atoms with Gasteiger partial charge < -0.3 is 4.74 Å². The molecule has 0 aromatic rings. The molecule has 0 atom stereocenters. The zero-order valence-electron chi connectivity index (χ0n) is 10.1. The smallest absolute Gasteiger partial charge is 0.315 e. The van der Waals surface area contributed by atoms with Gasteiger partial charge in [0, 0.05) is 4.75 Å². The van der Waals surface area contributed by atoms with Gasteiger partial charge in [-0.3, -0.25) is 4.79 Å². The minimum atomic E-state index is -0.142. The maximum absolute atomic E-state index is 11.0. The number of hydrogen-bond donors (Lipinski definition) is 0. The number of methoxy groups -OCH3 is 1. The van der Waals surface area contributed by atoms with Gasteiger partial charge in [-0.1, -0.05) is 34.6 Å². The highest BCUT2D eigenvalue weighted by Gasteiger charge is 2.26. The van der Waals surface area contributed by atoms with Crippen LogP contribution in [0.5, 0.6) is 0 Å². The Morgan fingerprint density at radius 1 is 1.21 bits per heavy atom.